The third-order valence-electron chi connectivity index (χ3n) is 2.25. The maximum atomic E-state index is 5.80. The fourth-order valence-corrected chi connectivity index (χ4v) is 1.41. The van der Waals surface area contributed by atoms with Crippen LogP contribution >= 0.6 is 0 Å². The Morgan fingerprint density at radius 2 is 1.93 bits per heavy atom. The van der Waals surface area contributed by atoms with Crippen molar-refractivity contribution in [3.63, 3.8) is 0 Å². The van der Waals surface area contributed by atoms with E-state index in [0.29, 0.717) is 6.54 Å². The Hall–Kier alpha value is -1.45. The maximum Gasteiger partial charge on any atom is 0.0706 e. The standard InChI is InChI=1S/C11H13N3/c12-7-9(13)11-6-5-8-3-1-2-4-10(8)14-11/h1-6,9H,7,12-13H2/t9-/m1/s1. The van der Waals surface area contributed by atoms with E-state index in [4.69, 9.17) is 11.5 Å². The molecule has 0 aliphatic heterocycles. The molecule has 4 N–H and O–H groups in total. The van der Waals surface area contributed by atoms with Crippen molar-refractivity contribution in [3.05, 3.63) is 42.1 Å². The largest absolute Gasteiger partial charge is 0.329 e. The Labute approximate surface area is 82.7 Å². The second-order valence-corrected chi connectivity index (χ2v) is 3.27. The first-order valence-corrected chi connectivity index (χ1v) is 4.62. The highest BCUT2D eigenvalue weighted by molar-refractivity contribution is 5.78. The molecule has 2 aromatic rings. The first kappa shape index (κ1) is 9.12. The lowest BCUT2D eigenvalue weighted by Gasteiger charge is -2.08. The summed E-state index contributed by atoms with van der Waals surface area (Å²) in [5.74, 6) is 0. The zero-order valence-corrected chi connectivity index (χ0v) is 7.85. The third kappa shape index (κ3) is 1.60. The topological polar surface area (TPSA) is 64.9 Å². The summed E-state index contributed by atoms with van der Waals surface area (Å²) in [4.78, 5) is 4.44. The van der Waals surface area contributed by atoms with Crippen molar-refractivity contribution in [2.45, 2.75) is 6.04 Å². The van der Waals surface area contributed by atoms with Gasteiger partial charge < -0.3 is 11.5 Å². The quantitative estimate of drug-likeness (QED) is 0.742. The number of nitrogens with zero attached hydrogens (tertiary/aromatic N) is 1. The fraction of sp³-hybridized carbons (Fsp3) is 0.182. The van der Waals surface area contributed by atoms with Gasteiger partial charge in [-0.3, -0.25) is 4.98 Å². The molecule has 1 aromatic carbocycles. The molecule has 14 heavy (non-hydrogen) atoms. The molecule has 0 fully saturated rings. The van der Waals surface area contributed by atoms with E-state index in [-0.39, 0.29) is 6.04 Å². The number of benzene rings is 1. The van der Waals surface area contributed by atoms with E-state index < -0.39 is 0 Å². The van der Waals surface area contributed by atoms with Gasteiger partial charge in [0.15, 0.2) is 0 Å². The minimum Gasteiger partial charge on any atom is -0.329 e. The first-order valence-electron chi connectivity index (χ1n) is 4.62. The van der Waals surface area contributed by atoms with Gasteiger partial charge in [-0.1, -0.05) is 24.3 Å². The van der Waals surface area contributed by atoms with Crippen LogP contribution in [0.4, 0.5) is 0 Å². The zero-order valence-electron chi connectivity index (χ0n) is 7.85. The van der Waals surface area contributed by atoms with Crippen molar-refractivity contribution in [3.8, 4) is 0 Å². The summed E-state index contributed by atoms with van der Waals surface area (Å²) in [7, 11) is 0. The van der Waals surface area contributed by atoms with Gasteiger partial charge in [-0.25, -0.2) is 0 Å². The van der Waals surface area contributed by atoms with Crippen LogP contribution < -0.4 is 11.5 Å². The SMILES string of the molecule is NC[C@@H](N)c1ccc2ccccc2n1. The highest BCUT2D eigenvalue weighted by Crippen LogP contribution is 2.14. The first-order chi connectivity index (χ1) is 6.81. The Morgan fingerprint density at radius 1 is 1.14 bits per heavy atom. The lowest BCUT2D eigenvalue weighted by atomic mass is 10.1. The van der Waals surface area contributed by atoms with Gasteiger partial charge in [-0.2, -0.15) is 0 Å². The molecule has 2 rings (SSSR count). The molecule has 0 amide bonds. The van der Waals surface area contributed by atoms with Crippen LogP contribution in [0.2, 0.25) is 0 Å². The summed E-state index contributed by atoms with van der Waals surface area (Å²) in [6, 6.07) is 11.7. The number of aromatic nitrogens is 1. The van der Waals surface area contributed by atoms with Crippen LogP contribution in [0.5, 0.6) is 0 Å². The summed E-state index contributed by atoms with van der Waals surface area (Å²) in [6.07, 6.45) is 0. The van der Waals surface area contributed by atoms with E-state index >= 15 is 0 Å². The highest BCUT2D eigenvalue weighted by atomic mass is 14.8. The molecule has 0 unspecified atom stereocenters. The molecule has 1 aromatic heterocycles. The Morgan fingerprint density at radius 3 is 2.71 bits per heavy atom. The monoisotopic (exact) mass is 187 g/mol. The molecule has 0 saturated carbocycles. The minimum absolute atomic E-state index is 0.167. The van der Waals surface area contributed by atoms with Crippen molar-refractivity contribution in [1.29, 1.82) is 0 Å². The molecule has 72 valence electrons. The Bertz CT molecular complexity index is 439. The second-order valence-electron chi connectivity index (χ2n) is 3.27. The van der Waals surface area contributed by atoms with Gasteiger partial charge in [0.2, 0.25) is 0 Å². The minimum atomic E-state index is -0.167. The Kier molecular flexibility index (Phi) is 2.43. The van der Waals surface area contributed by atoms with Gasteiger partial charge in [-0.15, -0.1) is 0 Å². The number of para-hydroxylation sites is 1. The maximum absolute atomic E-state index is 5.80. The second kappa shape index (κ2) is 3.74. The smallest absolute Gasteiger partial charge is 0.0706 e. The highest BCUT2D eigenvalue weighted by Gasteiger charge is 2.05. The van der Waals surface area contributed by atoms with Crippen LogP contribution in [0, 0.1) is 0 Å². The summed E-state index contributed by atoms with van der Waals surface area (Å²) in [5.41, 5.74) is 13.1. The van der Waals surface area contributed by atoms with E-state index in [2.05, 4.69) is 4.98 Å². The van der Waals surface area contributed by atoms with Crippen molar-refractivity contribution in [2.24, 2.45) is 11.5 Å². The molecule has 0 saturated heterocycles. The van der Waals surface area contributed by atoms with Crippen LogP contribution in [0.1, 0.15) is 11.7 Å². The van der Waals surface area contributed by atoms with E-state index in [1.807, 2.05) is 36.4 Å². The molecule has 0 aliphatic carbocycles. The third-order valence-corrected chi connectivity index (χ3v) is 2.25. The number of rotatable bonds is 2. The van der Waals surface area contributed by atoms with Crippen molar-refractivity contribution < 1.29 is 0 Å². The average Bonchev–Trinajstić information content (AvgIpc) is 2.27. The normalized spacial score (nSPS) is 13.0. The molecule has 3 nitrogen and oxygen atoms in total. The number of pyridine rings is 1. The average molecular weight is 187 g/mol. The van der Waals surface area contributed by atoms with Gasteiger partial charge >= 0.3 is 0 Å². The predicted octanol–water partition coefficient (Wildman–Crippen LogP) is 1.19. The van der Waals surface area contributed by atoms with Crippen molar-refractivity contribution in [1.82, 2.24) is 4.98 Å². The molecule has 1 atom stereocenters. The van der Waals surface area contributed by atoms with Crippen LogP contribution in [-0.2, 0) is 0 Å². The summed E-state index contributed by atoms with van der Waals surface area (Å²) in [5, 5.41) is 1.13. The summed E-state index contributed by atoms with van der Waals surface area (Å²) in [6.45, 7) is 0.422. The zero-order chi connectivity index (χ0) is 9.97. The van der Waals surface area contributed by atoms with Gasteiger partial charge in [-0.05, 0) is 12.1 Å². The van der Waals surface area contributed by atoms with Gasteiger partial charge in [0.25, 0.3) is 0 Å². The van der Waals surface area contributed by atoms with Crippen LogP contribution in [-0.4, -0.2) is 11.5 Å². The van der Waals surface area contributed by atoms with E-state index in [1.165, 1.54) is 0 Å². The molecule has 1 heterocycles. The summed E-state index contributed by atoms with van der Waals surface area (Å²) >= 11 is 0. The number of fused-ring (bicyclic) bond motifs is 1. The number of hydrogen-bond donors (Lipinski definition) is 2. The van der Waals surface area contributed by atoms with Gasteiger partial charge in [0.1, 0.15) is 0 Å². The molecule has 0 spiro atoms. The van der Waals surface area contributed by atoms with Crippen LogP contribution in [0.25, 0.3) is 10.9 Å². The number of nitrogens with two attached hydrogens (primary N) is 2. The fourth-order valence-electron chi connectivity index (χ4n) is 1.41. The lowest BCUT2D eigenvalue weighted by Crippen LogP contribution is -2.21. The van der Waals surface area contributed by atoms with Gasteiger partial charge in [0.05, 0.1) is 17.3 Å². The van der Waals surface area contributed by atoms with Crippen LogP contribution in [0.3, 0.4) is 0 Å². The predicted molar refractivity (Wildman–Crippen MR) is 57.7 cm³/mol. The number of hydrogen-bond acceptors (Lipinski definition) is 3. The van der Waals surface area contributed by atoms with E-state index in [9.17, 15) is 0 Å². The lowest BCUT2D eigenvalue weighted by molar-refractivity contribution is 0.715. The van der Waals surface area contributed by atoms with E-state index in [0.717, 1.165) is 16.6 Å². The molecule has 0 bridgehead atoms. The molecular weight excluding hydrogens is 174 g/mol. The van der Waals surface area contributed by atoms with E-state index in [1.54, 1.807) is 0 Å². The van der Waals surface area contributed by atoms with Crippen molar-refractivity contribution >= 4 is 10.9 Å². The van der Waals surface area contributed by atoms with Gasteiger partial charge in [0, 0.05) is 11.9 Å². The molecular formula is C11H13N3. The Balaban J connectivity index is 2.51. The van der Waals surface area contributed by atoms with Crippen LogP contribution in [0.15, 0.2) is 36.4 Å². The molecule has 3 heteroatoms. The summed E-state index contributed by atoms with van der Waals surface area (Å²) < 4.78 is 0. The molecule has 0 aliphatic rings. The van der Waals surface area contributed by atoms with Crippen molar-refractivity contribution in [2.75, 3.05) is 6.54 Å². The molecule has 0 radical (unpaired) electrons.